The summed E-state index contributed by atoms with van der Waals surface area (Å²) in [5, 5.41) is 0.221. The van der Waals surface area contributed by atoms with Crippen LogP contribution in [0.5, 0.6) is 0 Å². The van der Waals surface area contributed by atoms with Crippen molar-refractivity contribution < 1.29 is 14.3 Å². The monoisotopic (exact) mass is 490 g/mol. The lowest BCUT2D eigenvalue weighted by molar-refractivity contribution is 0.0525. The Balaban J connectivity index is 1.76. The maximum Gasteiger partial charge on any atom is 0.340 e. The third-order valence-corrected chi connectivity index (χ3v) is 6.74. The molecular formula is C26H26N4O4S. The zero-order valence-electron chi connectivity index (χ0n) is 20.2. The van der Waals surface area contributed by atoms with Crippen molar-refractivity contribution in [2.24, 2.45) is 0 Å². The van der Waals surface area contributed by atoms with Gasteiger partial charge in [-0.3, -0.25) is 9.59 Å². The van der Waals surface area contributed by atoms with Crippen molar-refractivity contribution in [3.05, 3.63) is 81.0 Å². The van der Waals surface area contributed by atoms with Crippen molar-refractivity contribution >= 4 is 34.4 Å². The van der Waals surface area contributed by atoms with Crippen LogP contribution in [0.4, 0.5) is 0 Å². The Bertz CT molecular complexity index is 1510. The predicted octanol–water partition coefficient (Wildman–Crippen LogP) is 4.57. The van der Waals surface area contributed by atoms with Crippen LogP contribution < -0.4 is 5.56 Å². The number of ketones is 1. The Morgan fingerprint density at radius 3 is 2.63 bits per heavy atom. The summed E-state index contributed by atoms with van der Waals surface area (Å²) in [4.78, 5) is 51.4. The minimum Gasteiger partial charge on any atom is -0.462 e. The number of ether oxygens (including phenoxy) is 1. The van der Waals surface area contributed by atoms with Crippen molar-refractivity contribution in [1.29, 1.82) is 0 Å². The molecule has 0 aliphatic carbocycles. The van der Waals surface area contributed by atoms with Gasteiger partial charge in [0, 0.05) is 11.9 Å². The molecule has 0 aliphatic heterocycles. The molecule has 4 rings (SSSR count). The van der Waals surface area contributed by atoms with Gasteiger partial charge in [-0.05, 0) is 70.0 Å². The number of nitrogens with zero attached hydrogens (tertiary/aromatic N) is 3. The molecule has 0 saturated heterocycles. The number of thioether (sulfide) groups is 1. The van der Waals surface area contributed by atoms with E-state index >= 15 is 0 Å². The number of esters is 1. The van der Waals surface area contributed by atoms with E-state index in [4.69, 9.17) is 9.72 Å². The molecule has 0 saturated carbocycles. The summed E-state index contributed by atoms with van der Waals surface area (Å²) < 4.78 is 6.58. The molecule has 1 aromatic carbocycles. The summed E-state index contributed by atoms with van der Waals surface area (Å²) >= 11 is 1.17. The van der Waals surface area contributed by atoms with Crippen molar-refractivity contribution in [3.8, 4) is 5.82 Å². The zero-order valence-corrected chi connectivity index (χ0v) is 21.0. The molecule has 3 aromatic heterocycles. The van der Waals surface area contributed by atoms with Crippen molar-refractivity contribution in [2.45, 2.75) is 45.0 Å². The predicted molar refractivity (Wildman–Crippen MR) is 136 cm³/mol. The van der Waals surface area contributed by atoms with Gasteiger partial charge in [0.2, 0.25) is 0 Å². The minimum absolute atomic E-state index is 0.211. The van der Waals surface area contributed by atoms with Gasteiger partial charge in [-0.15, -0.1) is 0 Å². The molecule has 9 heteroatoms. The molecule has 0 fully saturated rings. The van der Waals surface area contributed by atoms with Crippen LogP contribution in [0.25, 0.3) is 16.7 Å². The van der Waals surface area contributed by atoms with E-state index < -0.39 is 11.2 Å². The van der Waals surface area contributed by atoms with Gasteiger partial charge in [-0.2, -0.15) is 0 Å². The first kappa shape index (κ1) is 24.4. The topological polar surface area (TPSA) is 107 Å². The van der Waals surface area contributed by atoms with Crippen LogP contribution in [0.3, 0.4) is 0 Å². The van der Waals surface area contributed by atoms with E-state index in [0.29, 0.717) is 44.4 Å². The van der Waals surface area contributed by atoms with E-state index in [0.717, 1.165) is 5.56 Å². The summed E-state index contributed by atoms with van der Waals surface area (Å²) in [5.74, 6) is -0.238. The standard InChI is InChI=1S/C26H26N4O4S/c1-6-34-25(33)21-15(3)22(28-16(21)4)23(31)17(5)35-26-29-19-10-8-7-9-18(19)24(32)30(26)20-13-14(2)11-12-27-20/h7-13,17,28H,6H2,1-5H3. The van der Waals surface area contributed by atoms with Crippen LogP contribution in [0, 0.1) is 20.8 Å². The van der Waals surface area contributed by atoms with E-state index in [1.54, 1.807) is 58.2 Å². The fourth-order valence-corrected chi connectivity index (χ4v) is 4.93. The highest BCUT2D eigenvalue weighted by Crippen LogP contribution is 2.29. The van der Waals surface area contributed by atoms with Gasteiger partial charge >= 0.3 is 5.97 Å². The fourth-order valence-electron chi connectivity index (χ4n) is 3.96. The molecule has 3 heterocycles. The Kier molecular flexibility index (Phi) is 6.88. The number of fused-ring (bicyclic) bond motifs is 1. The highest BCUT2D eigenvalue weighted by molar-refractivity contribution is 8.00. The number of nitrogens with one attached hydrogen (secondary N) is 1. The molecule has 0 radical (unpaired) electrons. The first-order valence-electron chi connectivity index (χ1n) is 11.2. The summed E-state index contributed by atoms with van der Waals surface area (Å²) in [5.41, 5.74) is 3.06. The number of pyridine rings is 1. The van der Waals surface area contributed by atoms with Crippen LogP contribution in [-0.4, -0.2) is 43.1 Å². The van der Waals surface area contributed by atoms with Crippen LogP contribution in [0.15, 0.2) is 52.5 Å². The van der Waals surface area contributed by atoms with Crippen LogP contribution in [-0.2, 0) is 4.74 Å². The number of para-hydroxylation sites is 1. The van der Waals surface area contributed by atoms with Gasteiger partial charge in [0.25, 0.3) is 5.56 Å². The number of rotatable bonds is 7. The third-order valence-electron chi connectivity index (χ3n) is 5.69. The lowest BCUT2D eigenvalue weighted by Crippen LogP contribution is -2.24. The molecule has 1 unspecified atom stereocenters. The summed E-state index contributed by atoms with van der Waals surface area (Å²) in [6, 6.07) is 10.7. The average molecular weight is 491 g/mol. The van der Waals surface area contributed by atoms with Crippen molar-refractivity contribution in [2.75, 3.05) is 6.61 Å². The molecule has 1 atom stereocenters. The second-order valence-electron chi connectivity index (χ2n) is 8.21. The molecule has 0 amide bonds. The summed E-state index contributed by atoms with van der Waals surface area (Å²) in [6.45, 7) is 9.11. The molecule has 4 aromatic rings. The molecule has 0 spiro atoms. The molecule has 8 nitrogen and oxygen atoms in total. The molecule has 0 bridgehead atoms. The van der Waals surface area contributed by atoms with Crippen LogP contribution >= 0.6 is 11.8 Å². The second-order valence-corrected chi connectivity index (χ2v) is 9.52. The van der Waals surface area contributed by atoms with Gasteiger partial charge in [-0.1, -0.05) is 23.9 Å². The first-order valence-corrected chi connectivity index (χ1v) is 12.1. The smallest absolute Gasteiger partial charge is 0.340 e. The normalized spacial score (nSPS) is 12.0. The number of aryl methyl sites for hydroxylation is 2. The van der Waals surface area contributed by atoms with Crippen LogP contribution in [0.1, 0.15) is 51.5 Å². The zero-order chi connectivity index (χ0) is 25.3. The van der Waals surface area contributed by atoms with Crippen molar-refractivity contribution in [1.82, 2.24) is 19.5 Å². The first-order chi connectivity index (χ1) is 16.7. The average Bonchev–Trinajstić information content (AvgIpc) is 3.12. The Hall–Kier alpha value is -3.72. The molecule has 35 heavy (non-hydrogen) atoms. The summed E-state index contributed by atoms with van der Waals surface area (Å²) in [7, 11) is 0. The molecule has 0 aliphatic rings. The maximum absolute atomic E-state index is 13.4. The van der Waals surface area contributed by atoms with E-state index in [1.165, 1.54) is 16.3 Å². The van der Waals surface area contributed by atoms with E-state index in [9.17, 15) is 14.4 Å². The van der Waals surface area contributed by atoms with Gasteiger partial charge in [0.15, 0.2) is 10.9 Å². The number of hydrogen-bond donors (Lipinski definition) is 1. The van der Waals surface area contributed by atoms with Gasteiger partial charge in [0.1, 0.15) is 5.82 Å². The number of carbonyl (C=O) groups is 2. The lowest BCUT2D eigenvalue weighted by atomic mass is 10.1. The number of aromatic nitrogens is 4. The number of Topliss-reactive ketones (excluding diaryl/α,β-unsaturated/α-hetero) is 1. The van der Waals surface area contributed by atoms with E-state index in [-0.39, 0.29) is 17.9 Å². The van der Waals surface area contributed by atoms with Crippen LogP contribution in [0.2, 0.25) is 0 Å². The number of benzene rings is 1. The number of hydrogen-bond acceptors (Lipinski definition) is 7. The molecular weight excluding hydrogens is 464 g/mol. The quantitative estimate of drug-likeness (QED) is 0.175. The number of carbonyl (C=O) groups excluding carboxylic acids is 2. The second kappa shape index (κ2) is 9.87. The Morgan fingerprint density at radius 1 is 1.17 bits per heavy atom. The van der Waals surface area contributed by atoms with E-state index in [1.807, 2.05) is 19.1 Å². The largest absolute Gasteiger partial charge is 0.462 e. The van der Waals surface area contributed by atoms with Crippen molar-refractivity contribution in [3.63, 3.8) is 0 Å². The number of H-pyrrole nitrogens is 1. The van der Waals surface area contributed by atoms with Gasteiger partial charge < -0.3 is 9.72 Å². The minimum atomic E-state index is -0.606. The number of aromatic amines is 1. The van der Waals surface area contributed by atoms with Gasteiger partial charge in [0.05, 0.1) is 34.0 Å². The highest BCUT2D eigenvalue weighted by Gasteiger charge is 2.27. The summed E-state index contributed by atoms with van der Waals surface area (Å²) in [6.07, 6.45) is 1.64. The maximum atomic E-state index is 13.4. The lowest BCUT2D eigenvalue weighted by Gasteiger charge is -2.15. The third kappa shape index (κ3) is 4.64. The van der Waals surface area contributed by atoms with Gasteiger partial charge in [-0.25, -0.2) is 19.3 Å². The highest BCUT2D eigenvalue weighted by atomic mass is 32.2. The SMILES string of the molecule is CCOC(=O)c1c(C)[nH]c(C(=O)C(C)Sc2nc3ccccc3c(=O)n2-c2cc(C)ccn2)c1C. The van der Waals surface area contributed by atoms with E-state index in [2.05, 4.69) is 9.97 Å². The fraction of sp³-hybridized carbons (Fsp3) is 0.269. The molecule has 1 N–H and O–H groups in total. The Morgan fingerprint density at radius 2 is 1.91 bits per heavy atom. The Labute approximate surface area is 206 Å². The molecule has 180 valence electrons.